The molecule has 26 heavy (non-hydrogen) atoms. The van der Waals surface area contributed by atoms with Crippen molar-refractivity contribution in [2.24, 2.45) is 11.1 Å². The van der Waals surface area contributed by atoms with Crippen LogP contribution in [0.15, 0.2) is 22.7 Å². The Kier molecular flexibility index (Phi) is 3.96. The summed E-state index contributed by atoms with van der Waals surface area (Å²) in [5, 5.41) is 0.737. The third-order valence-corrected chi connectivity index (χ3v) is 6.84. The van der Waals surface area contributed by atoms with E-state index in [9.17, 15) is 14.0 Å². The molecule has 2 N–H and O–H groups in total. The second kappa shape index (κ2) is 5.85. The van der Waals surface area contributed by atoms with Crippen LogP contribution in [0.5, 0.6) is 0 Å². The summed E-state index contributed by atoms with van der Waals surface area (Å²) in [6.45, 7) is 5.84. The van der Waals surface area contributed by atoms with E-state index in [1.807, 2.05) is 6.92 Å². The first-order valence-corrected chi connectivity index (χ1v) is 9.74. The maximum atomic E-state index is 13.6. The number of fused-ring (bicyclic) bond motifs is 1. The van der Waals surface area contributed by atoms with Crippen LogP contribution < -0.4 is 5.73 Å². The SMILES string of the molecule is [CH2][C@H]1C[C@@]2(C(N)=O)C[C@@H]2N1C(=O)c1nc(C)sc1-c1ccc(F)c(Br)c1. The molecule has 0 unspecified atom stereocenters. The topological polar surface area (TPSA) is 76.3 Å². The lowest BCUT2D eigenvalue weighted by Gasteiger charge is -2.23. The van der Waals surface area contributed by atoms with Gasteiger partial charge in [-0.3, -0.25) is 9.59 Å². The fourth-order valence-corrected chi connectivity index (χ4v) is 5.13. The number of carbonyl (C=O) groups excluding carboxylic acids is 2. The van der Waals surface area contributed by atoms with Gasteiger partial charge in [-0.2, -0.15) is 0 Å². The van der Waals surface area contributed by atoms with E-state index in [-0.39, 0.29) is 29.7 Å². The summed E-state index contributed by atoms with van der Waals surface area (Å²) in [5.74, 6) is -0.997. The number of piperidine rings is 1. The number of aryl methyl sites for hydroxylation is 1. The Bertz CT molecular complexity index is 947. The first kappa shape index (κ1) is 17.6. The minimum absolute atomic E-state index is 0.204. The van der Waals surface area contributed by atoms with Crippen molar-refractivity contribution >= 4 is 39.1 Å². The summed E-state index contributed by atoms with van der Waals surface area (Å²) in [7, 11) is 0. The maximum absolute atomic E-state index is 13.6. The molecule has 135 valence electrons. The molecule has 2 fully saturated rings. The highest BCUT2D eigenvalue weighted by Gasteiger charge is 2.68. The number of primary amides is 1. The molecule has 1 radical (unpaired) electrons. The van der Waals surface area contributed by atoms with Crippen molar-refractivity contribution < 1.29 is 14.0 Å². The molecule has 2 heterocycles. The standard InChI is InChI=1S/C18H16BrFN3O2S/c1-8-6-18(17(21)25)7-13(18)23(8)16(24)14-15(26-9(2)22-14)10-3-4-12(20)11(19)5-10/h3-5,8,13H,1,6-7H2,2H3,(H2,21,25)/t8-,13-,18+/m0/s1. The van der Waals surface area contributed by atoms with Crippen LogP contribution in [0, 0.1) is 25.1 Å². The zero-order valence-corrected chi connectivity index (χ0v) is 16.4. The average Bonchev–Trinajstić information content (AvgIpc) is 3.01. The second-order valence-electron chi connectivity index (χ2n) is 6.85. The number of hydrogen-bond acceptors (Lipinski definition) is 4. The molecule has 1 saturated heterocycles. The predicted molar refractivity (Wildman–Crippen MR) is 99.9 cm³/mol. The van der Waals surface area contributed by atoms with Gasteiger partial charge < -0.3 is 10.6 Å². The van der Waals surface area contributed by atoms with Gasteiger partial charge in [0.1, 0.15) is 11.5 Å². The van der Waals surface area contributed by atoms with Crippen LogP contribution in [0.4, 0.5) is 4.39 Å². The van der Waals surface area contributed by atoms with Crippen molar-refractivity contribution in [3.8, 4) is 10.4 Å². The maximum Gasteiger partial charge on any atom is 0.274 e. The van der Waals surface area contributed by atoms with Crippen LogP contribution in [0.2, 0.25) is 0 Å². The van der Waals surface area contributed by atoms with Crippen LogP contribution in [0.3, 0.4) is 0 Å². The highest BCUT2D eigenvalue weighted by molar-refractivity contribution is 9.10. The molecule has 1 saturated carbocycles. The molecule has 5 nitrogen and oxygen atoms in total. The average molecular weight is 437 g/mol. The summed E-state index contributed by atoms with van der Waals surface area (Å²) >= 11 is 4.56. The number of nitrogens with two attached hydrogens (primary N) is 1. The van der Waals surface area contributed by atoms with E-state index < -0.39 is 5.41 Å². The minimum Gasteiger partial charge on any atom is -0.369 e. The number of aromatic nitrogens is 1. The van der Waals surface area contributed by atoms with E-state index in [2.05, 4.69) is 27.8 Å². The molecule has 1 aromatic heterocycles. The highest BCUT2D eigenvalue weighted by Crippen LogP contribution is 2.59. The number of nitrogens with zero attached hydrogens (tertiary/aromatic N) is 2. The molecule has 2 aliphatic rings. The zero-order chi connectivity index (χ0) is 18.8. The zero-order valence-electron chi connectivity index (χ0n) is 14.0. The normalized spacial score (nSPS) is 26.7. The van der Waals surface area contributed by atoms with Gasteiger partial charge in [0.05, 0.1) is 19.8 Å². The van der Waals surface area contributed by atoms with Gasteiger partial charge in [-0.1, -0.05) is 6.07 Å². The molecular weight excluding hydrogens is 421 g/mol. The quantitative estimate of drug-likeness (QED) is 0.801. The van der Waals surface area contributed by atoms with Crippen molar-refractivity contribution in [1.82, 2.24) is 9.88 Å². The smallest absolute Gasteiger partial charge is 0.274 e. The molecule has 1 aromatic carbocycles. The monoisotopic (exact) mass is 436 g/mol. The minimum atomic E-state index is -0.633. The van der Waals surface area contributed by atoms with E-state index in [4.69, 9.17) is 5.73 Å². The van der Waals surface area contributed by atoms with E-state index in [1.165, 1.54) is 17.4 Å². The first-order chi connectivity index (χ1) is 12.2. The Labute approximate surface area is 162 Å². The van der Waals surface area contributed by atoms with Gasteiger partial charge in [0, 0.05) is 12.1 Å². The fraction of sp³-hybridized carbons (Fsp3) is 0.333. The van der Waals surface area contributed by atoms with Gasteiger partial charge in [0.2, 0.25) is 5.91 Å². The van der Waals surface area contributed by atoms with E-state index in [1.54, 1.807) is 17.0 Å². The van der Waals surface area contributed by atoms with E-state index in [0.29, 0.717) is 33.4 Å². The predicted octanol–water partition coefficient (Wildman–Crippen LogP) is 3.31. The largest absolute Gasteiger partial charge is 0.369 e. The third-order valence-electron chi connectivity index (χ3n) is 5.21. The lowest BCUT2D eigenvalue weighted by molar-refractivity contribution is -0.123. The molecule has 1 aliphatic heterocycles. The Balaban J connectivity index is 1.72. The van der Waals surface area contributed by atoms with Gasteiger partial charge >= 0.3 is 0 Å². The van der Waals surface area contributed by atoms with Crippen molar-refractivity contribution in [3.05, 3.63) is 46.1 Å². The summed E-state index contributed by atoms with van der Waals surface area (Å²) in [6.07, 6.45) is 1.07. The molecule has 8 heteroatoms. The second-order valence-corrected chi connectivity index (χ2v) is 8.91. The molecule has 4 rings (SSSR count). The van der Waals surface area contributed by atoms with Gasteiger partial charge in [-0.15, -0.1) is 11.3 Å². The highest BCUT2D eigenvalue weighted by atomic mass is 79.9. The van der Waals surface area contributed by atoms with Crippen molar-refractivity contribution in [1.29, 1.82) is 0 Å². The van der Waals surface area contributed by atoms with E-state index >= 15 is 0 Å². The third kappa shape index (κ3) is 2.50. The van der Waals surface area contributed by atoms with Crippen molar-refractivity contribution in [2.75, 3.05) is 0 Å². The number of amides is 2. The van der Waals surface area contributed by atoms with Crippen molar-refractivity contribution in [3.63, 3.8) is 0 Å². The summed E-state index contributed by atoms with van der Waals surface area (Å²) in [5.41, 5.74) is 5.93. The number of carbonyl (C=O) groups is 2. The lowest BCUT2D eigenvalue weighted by atomic mass is 10.00. The van der Waals surface area contributed by atoms with E-state index in [0.717, 1.165) is 5.01 Å². The Morgan fingerprint density at radius 1 is 1.46 bits per heavy atom. The number of rotatable bonds is 3. The van der Waals surface area contributed by atoms with Crippen LogP contribution in [-0.4, -0.2) is 33.8 Å². The van der Waals surface area contributed by atoms with Crippen LogP contribution in [-0.2, 0) is 4.79 Å². The molecular formula is C18H16BrFN3O2S. The summed E-state index contributed by atoms with van der Waals surface area (Å²) in [6, 6.07) is 4.09. The number of benzene rings is 1. The van der Waals surface area contributed by atoms with Crippen LogP contribution in [0.1, 0.15) is 28.3 Å². The lowest BCUT2D eigenvalue weighted by Crippen LogP contribution is -2.37. The molecule has 0 bridgehead atoms. The molecule has 0 spiro atoms. The molecule has 3 atom stereocenters. The number of halogens is 2. The summed E-state index contributed by atoms with van der Waals surface area (Å²) < 4.78 is 13.9. The van der Waals surface area contributed by atoms with Crippen LogP contribution >= 0.6 is 27.3 Å². The Morgan fingerprint density at radius 2 is 2.19 bits per heavy atom. The van der Waals surface area contributed by atoms with Gasteiger partial charge in [0.15, 0.2) is 0 Å². The number of thiazole rings is 1. The van der Waals surface area contributed by atoms with Gasteiger partial charge in [0.25, 0.3) is 5.91 Å². The van der Waals surface area contributed by atoms with Crippen LogP contribution in [0.25, 0.3) is 10.4 Å². The Hall–Kier alpha value is -1.80. The molecule has 2 aromatic rings. The van der Waals surface area contributed by atoms with Gasteiger partial charge in [-0.25, -0.2) is 9.37 Å². The Morgan fingerprint density at radius 3 is 2.81 bits per heavy atom. The molecule has 2 amide bonds. The first-order valence-electron chi connectivity index (χ1n) is 8.13. The van der Waals surface area contributed by atoms with Gasteiger partial charge in [-0.05, 0) is 60.3 Å². The molecule has 1 aliphatic carbocycles. The number of likely N-dealkylation sites (tertiary alicyclic amines) is 1. The fourth-order valence-electron chi connectivity index (χ4n) is 3.84. The summed E-state index contributed by atoms with van der Waals surface area (Å²) in [4.78, 5) is 31.7. The van der Waals surface area contributed by atoms with Crippen molar-refractivity contribution in [2.45, 2.75) is 31.8 Å². The number of hydrogen-bond donors (Lipinski definition) is 1.